The van der Waals surface area contributed by atoms with Gasteiger partial charge in [-0.3, -0.25) is 9.97 Å². The van der Waals surface area contributed by atoms with Crippen molar-refractivity contribution in [1.29, 1.82) is 0 Å². The van der Waals surface area contributed by atoms with Crippen LogP contribution in [0.3, 0.4) is 0 Å². The highest BCUT2D eigenvalue weighted by Crippen LogP contribution is 2.30. The second-order valence-electron chi connectivity index (χ2n) is 4.28. The van der Waals surface area contributed by atoms with E-state index in [1.807, 2.05) is 29.1 Å². The predicted molar refractivity (Wildman–Crippen MR) is 68.0 cm³/mol. The number of hydrogen-bond acceptors (Lipinski definition) is 3. The molecular weight excluding hydrogens is 224 g/mol. The van der Waals surface area contributed by atoms with E-state index in [2.05, 4.69) is 27.1 Å². The van der Waals surface area contributed by atoms with Crippen molar-refractivity contribution in [3.8, 4) is 0 Å². The summed E-state index contributed by atoms with van der Waals surface area (Å²) in [6.07, 6.45) is 12.4. The van der Waals surface area contributed by atoms with E-state index in [9.17, 15) is 0 Å². The van der Waals surface area contributed by atoms with Gasteiger partial charge in [0.15, 0.2) is 5.65 Å². The zero-order valence-electron chi connectivity index (χ0n) is 9.61. The largest absolute Gasteiger partial charge is 0.304 e. The van der Waals surface area contributed by atoms with Crippen LogP contribution in [0.1, 0.15) is 17.0 Å². The third kappa shape index (κ3) is 1.29. The van der Waals surface area contributed by atoms with E-state index in [-0.39, 0.29) is 0 Å². The molecule has 0 unspecified atom stereocenters. The smallest absolute Gasteiger partial charge is 0.155 e. The molecule has 0 amide bonds. The number of fused-ring (bicyclic) bond motifs is 2. The van der Waals surface area contributed by atoms with Crippen LogP contribution >= 0.6 is 0 Å². The van der Waals surface area contributed by atoms with Crippen LogP contribution in [0, 0.1) is 0 Å². The molecule has 1 aliphatic carbocycles. The van der Waals surface area contributed by atoms with Crippen molar-refractivity contribution >= 4 is 11.2 Å². The Morgan fingerprint density at radius 3 is 3.11 bits per heavy atom. The first-order valence-corrected chi connectivity index (χ1v) is 5.85. The van der Waals surface area contributed by atoms with Gasteiger partial charge in [-0.25, -0.2) is 4.98 Å². The Bertz CT molecular complexity index is 770. The van der Waals surface area contributed by atoms with Crippen LogP contribution in [0.5, 0.6) is 0 Å². The SMILES string of the molecule is C1=C(c2cn3ccnc3cn2)c2cccnc2C1. The van der Waals surface area contributed by atoms with E-state index in [0.717, 1.165) is 29.0 Å². The number of imidazole rings is 1. The van der Waals surface area contributed by atoms with E-state index in [1.165, 1.54) is 5.56 Å². The molecule has 3 aromatic rings. The van der Waals surface area contributed by atoms with Crippen molar-refractivity contribution in [1.82, 2.24) is 19.4 Å². The third-order valence-electron chi connectivity index (χ3n) is 3.23. The number of rotatable bonds is 1. The predicted octanol–water partition coefficient (Wildman–Crippen LogP) is 2.11. The highest BCUT2D eigenvalue weighted by molar-refractivity contribution is 5.82. The van der Waals surface area contributed by atoms with Crippen LogP contribution in [-0.4, -0.2) is 19.4 Å². The fourth-order valence-electron chi connectivity index (χ4n) is 2.36. The zero-order chi connectivity index (χ0) is 11.9. The molecule has 0 aromatic carbocycles. The standard InChI is InChI=1S/C14H10N4/c1-2-10-11(3-4-12(10)15-5-1)13-9-18-7-6-16-14(18)8-17-13/h1-3,5-9H,4H2. The summed E-state index contributed by atoms with van der Waals surface area (Å²) in [6.45, 7) is 0. The Balaban J connectivity index is 1.89. The molecule has 0 atom stereocenters. The Hall–Kier alpha value is -2.49. The molecule has 0 saturated heterocycles. The lowest BCUT2D eigenvalue weighted by molar-refractivity contribution is 1.10. The van der Waals surface area contributed by atoms with Crippen LogP contribution in [0.2, 0.25) is 0 Å². The Morgan fingerprint density at radius 2 is 2.11 bits per heavy atom. The molecule has 0 saturated carbocycles. The van der Waals surface area contributed by atoms with Gasteiger partial charge in [0.1, 0.15) is 0 Å². The normalized spacial score (nSPS) is 13.7. The summed E-state index contributed by atoms with van der Waals surface area (Å²) in [5, 5.41) is 0. The molecule has 4 heteroatoms. The van der Waals surface area contributed by atoms with Gasteiger partial charge in [-0.1, -0.05) is 12.1 Å². The number of allylic oxidation sites excluding steroid dienone is 1. The lowest BCUT2D eigenvalue weighted by Crippen LogP contribution is -1.95. The van der Waals surface area contributed by atoms with Crippen molar-refractivity contribution in [3.63, 3.8) is 0 Å². The maximum absolute atomic E-state index is 4.48. The molecular formula is C14H10N4. The van der Waals surface area contributed by atoms with Crippen molar-refractivity contribution in [2.45, 2.75) is 6.42 Å². The zero-order valence-corrected chi connectivity index (χ0v) is 9.61. The maximum atomic E-state index is 4.48. The lowest BCUT2D eigenvalue weighted by atomic mass is 10.1. The average Bonchev–Trinajstić information content (AvgIpc) is 3.04. The van der Waals surface area contributed by atoms with Gasteiger partial charge in [0.05, 0.1) is 17.6 Å². The first kappa shape index (κ1) is 9.53. The molecule has 18 heavy (non-hydrogen) atoms. The van der Waals surface area contributed by atoms with Crippen LogP contribution in [0.4, 0.5) is 0 Å². The van der Waals surface area contributed by atoms with Gasteiger partial charge in [0, 0.05) is 42.3 Å². The molecule has 4 nitrogen and oxygen atoms in total. The van der Waals surface area contributed by atoms with E-state index in [0.29, 0.717) is 0 Å². The van der Waals surface area contributed by atoms with Gasteiger partial charge >= 0.3 is 0 Å². The van der Waals surface area contributed by atoms with Gasteiger partial charge in [0.25, 0.3) is 0 Å². The summed E-state index contributed by atoms with van der Waals surface area (Å²) >= 11 is 0. The first-order chi connectivity index (χ1) is 8.92. The molecule has 0 aliphatic heterocycles. The molecule has 0 N–H and O–H groups in total. The minimum Gasteiger partial charge on any atom is -0.304 e. The van der Waals surface area contributed by atoms with Gasteiger partial charge in [-0.2, -0.15) is 0 Å². The van der Waals surface area contributed by atoms with Gasteiger partial charge < -0.3 is 4.40 Å². The molecule has 3 aromatic heterocycles. The van der Waals surface area contributed by atoms with Gasteiger partial charge in [-0.05, 0) is 6.07 Å². The Morgan fingerprint density at radius 1 is 1.11 bits per heavy atom. The lowest BCUT2D eigenvalue weighted by Gasteiger charge is -2.05. The van der Waals surface area contributed by atoms with E-state index in [1.54, 1.807) is 12.4 Å². The van der Waals surface area contributed by atoms with Crippen LogP contribution < -0.4 is 0 Å². The Kier molecular flexibility index (Phi) is 1.85. The molecule has 0 fully saturated rings. The maximum Gasteiger partial charge on any atom is 0.155 e. The van der Waals surface area contributed by atoms with Gasteiger partial charge in [0.2, 0.25) is 0 Å². The number of hydrogen-bond donors (Lipinski definition) is 0. The van der Waals surface area contributed by atoms with E-state index >= 15 is 0 Å². The monoisotopic (exact) mass is 234 g/mol. The van der Waals surface area contributed by atoms with Crippen molar-refractivity contribution in [2.75, 3.05) is 0 Å². The summed E-state index contributed by atoms with van der Waals surface area (Å²) in [7, 11) is 0. The first-order valence-electron chi connectivity index (χ1n) is 5.85. The van der Waals surface area contributed by atoms with Crippen LogP contribution in [0.25, 0.3) is 11.2 Å². The average molecular weight is 234 g/mol. The quantitative estimate of drug-likeness (QED) is 0.647. The fraction of sp³-hybridized carbons (Fsp3) is 0.0714. The summed E-state index contributed by atoms with van der Waals surface area (Å²) < 4.78 is 1.98. The summed E-state index contributed by atoms with van der Waals surface area (Å²) in [5.74, 6) is 0. The van der Waals surface area contributed by atoms with Gasteiger partial charge in [-0.15, -0.1) is 0 Å². The minimum absolute atomic E-state index is 0.865. The molecule has 4 rings (SSSR count). The van der Waals surface area contributed by atoms with Crippen molar-refractivity contribution < 1.29 is 0 Å². The number of aromatic nitrogens is 4. The topological polar surface area (TPSA) is 43.1 Å². The number of nitrogens with zero attached hydrogens (tertiary/aromatic N) is 4. The molecule has 86 valence electrons. The summed E-state index contributed by atoms with van der Waals surface area (Å²) in [6, 6.07) is 4.06. The van der Waals surface area contributed by atoms with Crippen molar-refractivity contribution in [3.05, 3.63) is 66.1 Å². The van der Waals surface area contributed by atoms with E-state index < -0.39 is 0 Å². The molecule has 0 radical (unpaired) electrons. The number of pyridine rings is 1. The van der Waals surface area contributed by atoms with E-state index in [4.69, 9.17) is 0 Å². The second-order valence-corrected chi connectivity index (χ2v) is 4.28. The molecule has 1 aliphatic rings. The highest BCUT2D eigenvalue weighted by atomic mass is 15.0. The van der Waals surface area contributed by atoms with Crippen LogP contribution in [0.15, 0.2) is 49.2 Å². The molecule has 0 spiro atoms. The Labute approximate surface area is 104 Å². The molecule has 0 bridgehead atoms. The highest BCUT2D eigenvalue weighted by Gasteiger charge is 2.17. The van der Waals surface area contributed by atoms with Crippen molar-refractivity contribution in [2.24, 2.45) is 0 Å². The molecule has 3 heterocycles. The summed E-state index contributed by atoms with van der Waals surface area (Å²) in [4.78, 5) is 13.1. The fourth-order valence-corrected chi connectivity index (χ4v) is 2.36. The van der Waals surface area contributed by atoms with Crippen LogP contribution in [-0.2, 0) is 6.42 Å². The minimum atomic E-state index is 0.865. The third-order valence-corrected chi connectivity index (χ3v) is 3.23. The second kappa shape index (κ2) is 3.50. The summed E-state index contributed by atoms with van der Waals surface area (Å²) in [5.41, 5.74) is 5.30.